The molecule has 3 amide bonds. The first-order chi connectivity index (χ1) is 21.3. The van der Waals surface area contributed by atoms with Gasteiger partial charge in [0.2, 0.25) is 21.8 Å². The molecule has 5 atom stereocenters. The zero-order valence-corrected chi connectivity index (χ0v) is 26.7. The molecule has 12 heteroatoms. The van der Waals surface area contributed by atoms with Crippen molar-refractivity contribution in [1.29, 1.82) is 0 Å². The number of ether oxygens (including phenoxy) is 1. The molecule has 244 valence electrons. The van der Waals surface area contributed by atoms with E-state index in [1.54, 1.807) is 19.1 Å². The molecule has 10 nitrogen and oxygen atoms in total. The SMILES string of the molecule is C[C@H]1CCCCC/C=C\[C@H]2C[C@@]2(C(=O)NS(=O)(=O)C2(C)CC2)CC(=O)[C@@H]2C[C@@H](OC(=O)N3Cc4cccc(F)c4C3)CN2C1=O. The Bertz CT molecular complexity index is 1540. The first-order valence-electron chi connectivity index (χ1n) is 16.1. The second kappa shape index (κ2) is 11.8. The molecule has 1 aromatic rings. The Kier molecular flexibility index (Phi) is 8.33. The molecule has 0 spiro atoms. The van der Waals surface area contributed by atoms with Crippen molar-refractivity contribution in [1.82, 2.24) is 14.5 Å². The number of halogens is 1. The van der Waals surface area contributed by atoms with E-state index >= 15 is 0 Å². The molecular formula is C33H42FN3O7S. The van der Waals surface area contributed by atoms with Crippen LogP contribution in [0.4, 0.5) is 9.18 Å². The van der Waals surface area contributed by atoms with Gasteiger partial charge in [-0.3, -0.25) is 24.0 Å². The Balaban J connectivity index is 1.21. The lowest BCUT2D eigenvalue weighted by molar-refractivity contribution is -0.141. The van der Waals surface area contributed by atoms with Gasteiger partial charge in [-0.25, -0.2) is 17.6 Å². The average Bonchev–Trinajstić information content (AvgIpc) is 3.78. The van der Waals surface area contributed by atoms with Gasteiger partial charge in [0.05, 0.1) is 29.3 Å². The van der Waals surface area contributed by atoms with Gasteiger partial charge >= 0.3 is 6.09 Å². The highest BCUT2D eigenvalue weighted by Gasteiger charge is 2.62. The van der Waals surface area contributed by atoms with Gasteiger partial charge in [0.25, 0.3) is 0 Å². The van der Waals surface area contributed by atoms with Gasteiger partial charge in [-0.05, 0) is 63.0 Å². The van der Waals surface area contributed by atoms with Gasteiger partial charge in [-0.1, -0.05) is 44.1 Å². The minimum atomic E-state index is -3.90. The molecule has 5 aliphatic rings. The lowest BCUT2D eigenvalue weighted by atomic mass is 9.91. The number of carbonyl (C=O) groups excluding carboxylic acids is 4. The van der Waals surface area contributed by atoms with Crippen molar-refractivity contribution >= 4 is 33.7 Å². The second-order valence-corrected chi connectivity index (χ2v) is 16.1. The van der Waals surface area contributed by atoms with E-state index in [0.29, 0.717) is 36.8 Å². The van der Waals surface area contributed by atoms with Crippen LogP contribution >= 0.6 is 0 Å². The Morgan fingerprint density at radius 2 is 1.89 bits per heavy atom. The molecule has 6 rings (SSSR count). The maximum absolute atomic E-state index is 14.3. The van der Waals surface area contributed by atoms with Crippen molar-refractivity contribution < 1.29 is 36.7 Å². The summed E-state index contributed by atoms with van der Waals surface area (Å²) in [5, 5.41) is 0. The number of carbonyl (C=O) groups is 4. The predicted molar refractivity (Wildman–Crippen MR) is 162 cm³/mol. The third-order valence-corrected chi connectivity index (χ3v) is 12.7. The topological polar surface area (TPSA) is 130 Å². The summed E-state index contributed by atoms with van der Waals surface area (Å²) >= 11 is 0. The molecular weight excluding hydrogens is 601 g/mol. The predicted octanol–water partition coefficient (Wildman–Crippen LogP) is 4.37. The van der Waals surface area contributed by atoms with Gasteiger partial charge in [-0.15, -0.1) is 0 Å². The number of Topliss-reactive ketones (excluding diaryl/α,β-unsaturated/α-hetero) is 1. The van der Waals surface area contributed by atoms with Gasteiger partial charge in [0.15, 0.2) is 5.78 Å². The molecule has 0 aromatic heterocycles. The van der Waals surface area contributed by atoms with Crippen LogP contribution in [0.15, 0.2) is 30.4 Å². The van der Waals surface area contributed by atoms with Crippen LogP contribution in [-0.2, 0) is 42.2 Å². The zero-order valence-electron chi connectivity index (χ0n) is 25.9. The summed E-state index contributed by atoms with van der Waals surface area (Å²) in [7, 11) is -3.90. The molecule has 45 heavy (non-hydrogen) atoms. The summed E-state index contributed by atoms with van der Waals surface area (Å²) < 4.78 is 47.3. The van der Waals surface area contributed by atoms with Crippen molar-refractivity contribution in [3.63, 3.8) is 0 Å². The third kappa shape index (κ3) is 6.14. The van der Waals surface area contributed by atoms with Gasteiger partial charge in [-0.2, -0.15) is 0 Å². The number of fused-ring (bicyclic) bond motifs is 3. The van der Waals surface area contributed by atoms with Crippen LogP contribution in [0.25, 0.3) is 0 Å². The Hall–Kier alpha value is -3.28. The number of amides is 3. The average molecular weight is 644 g/mol. The standard InChI is InChI=1S/C33H42FN3O7S/c1-21-9-6-4-3-5-7-11-23-16-33(23,30(40)35-45(42,43)32(2)13-14-32)17-28(38)27-15-24(19-37(27)29(21)39)44-31(41)36-18-22-10-8-12-26(34)25(22)20-36/h7-8,10-12,21,23-24,27H,3-6,9,13-20H2,1-2H3,(H,35,40)/b11-7-/t21-,23-,24+,27-,33+/m0/s1. The van der Waals surface area contributed by atoms with Gasteiger partial charge in [0, 0.05) is 30.9 Å². The van der Waals surface area contributed by atoms with Crippen molar-refractivity contribution in [3.05, 3.63) is 47.3 Å². The van der Waals surface area contributed by atoms with Gasteiger partial charge in [0.1, 0.15) is 11.9 Å². The highest BCUT2D eigenvalue weighted by molar-refractivity contribution is 7.91. The Morgan fingerprint density at radius 1 is 1.11 bits per heavy atom. The number of rotatable bonds is 4. The number of sulfonamides is 1. The number of nitrogens with zero attached hydrogens (tertiary/aromatic N) is 2. The molecule has 3 heterocycles. The number of hydrogen-bond acceptors (Lipinski definition) is 7. The molecule has 2 saturated carbocycles. The van der Waals surface area contributed by atoms with Crippen molar-refractivity contribution in [3.8, 4) is 0 Å². The van der Waals surface area contributed by atoms with Crippen LogP contribution in [0.3, 0.4) is 0 Å². The number of benzene rings is 1. The summed E-state index contributed by atoms with van der Waals surface area (Å²) in [4.78, 5) is 57.4. The van der Waals surface area contributed by atoms with E-state index in [0.717, 1.165) is 25.7 Å². The number of hydrogen-bond donors (Lipinski definition) is 1. The molecule has 1 aromatic carbocycles. The minimum absolute atomic E-state index is 0.0374. The molecule has 1 N–H and O–H groups in total. The van der Waals surface area contributed by atoms with E-state index in [1.807, 2.05) is 19.1 Å². The highest BCUT2D eigenvalue weighted by atomic mass is 32.2. The van der Waals surface area contributed by atoms with Crippen LogP contribution in [0.1, 0.15) is 89.2 Å². The highest BCUT2D eigenvalue weighted by Crippen LogP contribution is 2.57. The number of ketones is 1. The maximum Gasteiger partial charge on any atom is 0.410 e. The lowest BCUT2D eigenvalue weighted by Crippen LogP contribution is -2.46. The molecule has 0 radical (unpaired) electrons. The van der Waals surface area contributed by atoms with Crippen LogP contribution < -0.4 is 4.72 Å². The maximum atomic E-state index is 14.3. The van der Waals surface area contributed by atoms with Crippen LogP contribution in [-0.4, -0.2) is 65.3 Å². The number of nitrogens with one attached hydrogen (secondary N) is 1. The van der Waals surface area contributed by atoms with Gasteiger partial charge < -0.3 is 9.64 Å². The summed E-state index contributed by atoms with van der Waals surface area (Å²) in [5.41, 5.74) is -0.0615. The first-order valence-corrected chi connectivity index (χ1v) is 17.6. The van der Waals surface area contributed by atoms with Crippen molar-refractivity contribution in [2.45, 2.75) is 108 Å². The molecule has 1 saturated heterocycles. The molecule has 0 unspecified atom stereocenters. The monoisotopic (exact) mass is 643 g/mol. The van der Waals surface area contributed by atoms with E-state index in [9.17, 15) is 32.0 Å². The van der Waals surface area contributed by atoms with Crippen molar-refractivity contribution in [2.24, 2.45) is 17.3 Å². The van der Waals surface area contributed by atoms with E-state index in [1.165, 1.54) is 15.9 Å². The normalized spacial score (nSPS) is 32.0. The third-order valence-electron chi connectivity index (χ3n) is 10.6. The molecule has 3 fully saturated rings. The fraction of sp³-hybridized carbons (Fsp3) is 0.636. The minimum Gasteiger partial charge on any atom is -0.444 e. The zero-order chi connectivity index (χ0) is 32.1. The first kappa shape index (κ1) is 31.7. The Labute approximate surface area is 263 Å². The summed E-state index contributed by atoms with van der Waals surface area (Å²) in [6, 6.07) is 3.80. The molecule has 3 aliphatic heterocycles. The van der Waals surface area contributed by atoms with Crippen LogP contribution in [0.2, 0.25) is 0 Å². The van der Waals surface area contributed by atoms with E-state index in [2.05, 4.69) is 4.72 Å². The Morgan fingerprint density at radius 3 is 2.62 bits per heavy atom. The fourth-order valence-corrected chi connectivity index (χ4v) is 8.40. The van der Waals surface area contributed by atoms with E-state index in [4.69, 9.17) is 4.74 Å². The second-order valence-electron chi connectivity index (χ2n) is 13.9. The molecule has 0 bridgehead atoms. The smallest absolute Gasteiger partial charge is 0.410 e. The van der Waals surface area contributed by atoms with Crippen molar-refractivity contribution in [2.75, 3.05) is 6.54 Å². The largest absolute Gasteiger partial charge is 0.444 e. The summed E-state index contributed by atoms with van der Waals surface area (Å²) in [5.74, 6) is -2.24. The lowest BCUT2D eigenvalue weighted by Gasteiger charge is -2.28. The quantitative estimate of drug-likeness (QED) is 0.483. The molecule has 2 aliphatic carbocycles. The van der Waals surface area contributed by atoms with E-state index < -0.39 is 44.3 Å². The fourth-order valence-electron chi connectivity index (χ4n) is 7.07. The number of allylic oxidation sites excluding steroid dienone is 2. The van der Waals surface area contributed by atoms with Crippen LogP contribution in [0, 0.1) is 23.1 Å². The van der Waals surface area contributed by atoms with Crippen LogP contribution in [0.5, 0.6) is 0 Å². The summed E-state index contributed by atoms with van der Waals surface area (Å²) in [6.45, 7) is 3.76. The summed E-state index contributed by atoms with van der Waals surface area (Å²) in [6.07, 6.45) is 7.84. The van der Waals surface area contributed by atoms with E-state index in [-0.39, 0.29) is 61.8 Å².